The fraction of sp³-hybridized carbons (Fsp3) is 0.250. The van der Waals surface area contributed by atoms with Crippen molar-refractivity contribution in [1.29, 1.82) is 0 Å². The van der Waals surface area contributed by atoms with Gasteiger partial charge in [-0.05, 0) is 52.8 Å². The van der Waals surface area contributed by atoms with E-state index in [4.69, 9.17) is 0 Å². The van der Waals surface area contributed by atoms with Gasteiger partial charge in [-0.3, -0.25) is 0 Å². The SMILES string of the molecule is [SiH3]CCc1cc(Br)ccc1I. The summed E-state index contributed by atoms with van der Waals surface area (Å²) >= 11 is 5.87. The van der Waals surface area contributed by atoms with Crippen molar-refractivity contribution in [3.63, 3.8) is 0 Å². The van der Waals surface area contributed by atoms with Crippen LogP contribution in [0.5, 0.6) is 0 Å². The highest BCUT2D eigenvalue weighted by Gasteiger charge is 1.97. The van der Waals surface area contributed by atoms with Gasteiger partial charge in [-0.2, -0.15) is 0 Å². The largest absolute Gasteiger partial charge is 0.0618 e. The molecule has 60 valence electrons. The van der Waals surface area contributed by atoms with Gasteiger partial charge in [-0.15, -0.1) is 0 Å². The molecule has 0 N–H and O–H groups in total. The van der Waals surface area contributed by atoms with E-state index in [0.29, 0.717) is 0 Å². The van der Waals surface area contributed by atoms with Gasteiger partial charge in [0, 0.05) is 18.3 Å². The van der Waals surface area contributed by atoms with Gasteiger partial charge < -0.3 is 0 Å². The Hall–Kier alpha value is 0.647. The maximum atomic E-state index is 3.47. The summed E-state index contributed by atoms with van der Waals surface area (Å²) in [5.74, 6) is 0. The van der Waals surface area contributed by atoms with Gasteiger partial charge in [0.05, 0.1) is 0 Å². The molecule has 0 amide bonds. The average Bonchev–Trinajstić information content (AvgIpc) is 1.98. The van der Waals surface area contributed by atoms with E-state index in [9.17, 15) is 0 Å². The first-order chi connectivity index (χ1) is 5.24. The van der Waals surface area contributed by atoms with Crippen molar-refractivity contribution in [2.45, 2.75) is 12.5 Å². The number of hydrogen-bond donors (Lipinski definition) is 0. The summed E-state index contributed by atoms with van der Waals surface area (Å²) < 4.78 is 2.59. The summed E-state index contributed by atoms with van der Waals surface area (Å²) in [4.78, 5) is 0. The maximum Gasteiger partial charge on any atom is 0.0178 e. The fourth-order valence-corrected chi connectivity index (χ4v) is 2.56. The first-order valence-electron chi connectivity index (χ1n) is 3.68. The predicted octanol–water partition coefficient (Wildman–Crippen LogP) is 2.38. The van der Waals surface area contributed by atoms with Gasteiger partial charge in [-0.25, -0.2) is 0 Å². The van der Waals surface area contributed by atoms with Crippen LogP contribution in [-0.2, 0) is 6.42 Å². The topological polar surface area (TPSA) is 0 Å². The molecule has 3 heteroatoms. The molecule has 0 spiro atoms. The summed E-state index contributed by atoms with van der Waals surface area (Å²) in [7, 11) is 1.30. The molecule has 0 radical (unpaired) electrons. The Morgan fingerprint density at radius 1 is 1.45 bits per heavy atom. The van der Waals surface area contributed by atoms with Crippen LogP contribution in [0.25, 0.3) is 0 Å². The second kappa shape index (κ2) is 4.62. The summed E-state index contributed by atoms with van der Waals surface area (Å²) in [6, 6.07) is 7.84. The molecular weight excluding hydrogens is 331 g/mol. The molecule has 0 aliphatic heterocycles. The van der Waals surface area contributed by atoms with Gasteiger partial charge in [0.15, 0.2) is 0 Å². The monoisotopic (exact) mass is 340 g/mol. The lowest BCUT2D eigenvalue weighted by Gasteiger charge is -2.02. The molecule has 1 rings (SSSR count). The Morgan fingerprint density at radius 2 is 2.18 bits per heavy atom. The highest BCUT2D eigenvalue weighted by Crippen LogP contribution is 2.19. The van der Waals surface area contributed by atoms with Crippen LogP contribution in [0.15, 0.2) is 22.7 Å². The zero-order valence-electron chi connectivity index (χ0n) is 6.40. The highest BCUT2D eigenvalue weighted by molar-refractivity contribution is 14.1. The van der Waals surface area contributed by atoms with Gasteiger partial charge >= 0.3 is 0 Å². The second-order valence-electron chi connectivity index (χ2n) is 2.49. The third kappa shape index (κ3) is 2.87. The van der Waals surface area contributed by atoms with E-state index in [1.54, 1.807) is 0 Å². The molecule has 0 saturated carbocycles. The fourth-order valence-electron chi connectivity index (χ4n) is 1.00. The van der Waals surface area contributed by atoms with Crippen molar-refractivity contribution >= 4 is 48.8 Å². The molecule has 1 aromatic rings. The van der Waals surface area contributed by atoms with Gasteiger partial charge in [0.2, 0.25) is 0 Å². The number of rotatable bonds is 2. The normalized spacial score (nSPS) is 10.4. The zero-order chi connectivity index (χ0) is 8.27. The smallest absolute Gasteiger partial charge is 0.0178 e. The summed E-state index contributed by atoms with van der Waals surface area (Å²) in [6.45, 7) is 0. The van der Waals surface area contributed by atoms with Gasteiger partial charge in [0.25, 0.3) is 0 Å². The standard InChI is InChI=1S/C8H10BrISi/c9-7-1-2-8(10)6(5-7)3-4-11/h1-2,5H,3-4H2,11H3. The molecule has 0 nitrogen and oxygen atoms in total. The van der Waals surface area contributed by atoms with Crippen LogP contribution in [0.2, 0.25) is 6.04 Å². The number of halogens is 2. The lowest BCUT2D eigenvalue weighted by molar-refractivity contribution is 1.12. The highest BCUT2D eigenvalue weighted by atomic mass is 127. The quantitative estimate of drug-likeness (QED) is 0.573. The number of benzene rings is 1. The molecule has 0 aliphatic rings. The van der Waals surface area contributed by atoms with E-state index in [0.717, 1.165) is 0 Å². The average molecular weight is 341 g/mol. The van der Waals surface area contributed by atoms with Crippen LogP contribution in [0.1, 0.15) is 5.56 Å². The Bertz CT molecular complexity index is 250. The third-order valence-corrected chi connectivity index (χ3v) is 3.57. The van der Waals surface area contributed by atoms with E-state index in [1.165, 1.54) is 36.3 Å². The van der Waals surface area contributed by atoms with E-state index < -0.39 is 0 Å². The minimum atomic E-state index is 1.20. The molecule has 0 unspecified atom stereocenters. The molecule has 0 fully saturated rings. The molecule has 11 heavy (non-hydrogen) atoms. The lowest BCUT2D eigenvalue weighted by atomic mass is 10.2. The number of aryl methyl sites for hydroxylation is 1. The molecule has 1 aromatic carbocycles. The van der Waals surface area contributed by atoms with Crippen LogP contribution >= 0.6 is 38.5 Å². The molecule has 0 heterocycles. The van der Waals surface area contributed by atoms with E-state index >= 15 is 0 Å². The Labute approximate surface area is 92.5 Å². The van der Waals surface area contributed by atoms with Crippen molar-refractivity contribution in [2.75, 3.05) is 0 Å². The third-order valence-electron chi connectivity index (χ3n) is 1.53. The van der Waals surface area contributed by atoms with E-state index in [1.807, 2.05) is 0 Å². The van der Waals surface area contributed by atoms with E-state index in [-0.39, 0.29) is 0 Å². The van der Waals surface area contributed by atoms with Gasteiger partial charge in [-0.1, -0.05) is 22.0 Å². The van der Waals surface area contributed by atoms with Crippen LogP contribution in [0, 0.1) is 3.57 Å². The Kier molecular flexibility index (Phi) is 4.09. The predicted molar refractivity (Wildman–Crippen MR) is 65.3 cm³/mol. The van der Waals surface area contributed by atoms with Crippen LogP contribution in [0.3, 0.4) is 0 Å². The van der Waals surface area contributed by atoms with E-state index in [2.05, 4.69) is 56.7 Å². The lowest BCUT2D eigenvalue weighted by Crippen LogP contribution is -1.88. The van der Waals surface area contributed by atoms with Crippen LogP contribution in [0.4, 0.5) is 0 Å². The van der Waals surface area contributed by atoms with Crippen molar-refractivity contribution in [3.8, 4) is 0 Å². The first kappa shape index (κ1) is 9.73. The molecule has 0 aliphatic carbocycles. The summed E-state index contributed by atoms with van der Waals surface area (Å²) in [5.41, 5.74) is 1.48. The molecular formula is C8H10BrISi. The zero-order valence-corrected chi connectivity index (χ0v) is 12.1. The van der Waals surface area contributed by atoms with Crippen molar-refractivity contribution in [1.82, 2.24) is 0 Å². The minimum Gasteiger partial charge on any atom is -0.0618 e. The first-order valence-corrected chi connectivity index (χ1v) is 6.96. The maximum absolute atomic E-state index is 3.47. The minimum absolute atomic E-state index is 1.20. The molecule has 0 aromatic heterocycles. The van der Waals surface area contributed by atoms with Gasteiger partial charge in [0.1, 0.15) is 0 Å². The second-order valence-corrected chi connectivity index (χ2v) is 5.56. The molecule has 0 bridgehead atoms. The van der Waals surface area contributed by atoms with Crippen molar-refractivity contribution in [2.24, 2.45) is 0 Å². The Morgan fingerprint density at radius 3 is 2.82 bits per heavy atom. The van der Waals surface area contributed by atoms with Crippen LogP contribution in [-0.4, -0.2) is 10.2 Å². The summed E-state index contributed by atoms with van der Waals surface area (Å²) in [6.07, 6.45) is 1.24. The van der Waals surface area contributed by atoms with Crippen molar-refractivity contribution < 1.29 is 0 Å². The van der Waals surface area contributed by atoms with Crippen molar-refractivity contribution in [3.05, 3.63) is 31.8 Å². The summed E-state index contributed by atoms with van der Waals surface area (Å²) in [5, 5.41) is 0. The molecule has 0 atom stereocenters. The molecule has 0 saturated heterocycles. The Balaban J connectivity index is 2.93. The number of hydrogen-bond acceptors (Lipinski definition) is 0. The van der Waals surface area contributed by atoms with Crippen LogP contribution < -0.4 is 0 Å².